The molecule has 7 nitrogen and oxygen atoms in total. The lowest BCUT2D eigenvalue weighted by molar-refractivity contribution is 0.132. The topological polar surface area (TPSA) is 86.4 Å². The number of benzene rings is 2. The van der Waals surface area contributed by atoms with Gasteiger partial charge in [0.15, 0.2) is 5.03 Å². The molecule has 0 radical (unpaired) electrons. The summed E-state index contributed by atoms with van der Waals surface area (Å²) in [5.74, 6) is -0.551. The average molecular weight is 519 g/mol. The van der Waals surface area contributed by atoms with Gasteiger partial charge in [0.05, 0.1) is 28.1 Å². The second kappa shape index (κ2) is 9.92. The summed E-state index contributed by atoms with van der Waals surface area (Å²) < 4.78 is 41.9. The zero-order valence-electron chi connectivity index (χ0n) is 17.7. The van der Waals surface area contributed by atoms with E-state index in [-0.39, 0.29) is 22.1 Å². The van der Waals surface area contributed by atoms with Gasteiger partial charge in [-0.25, -0.2) is 22.5 Å². The number of nitrogens with zero attached hydrogens (tertiary/aromatic N) is 4. The summed E-state index contributed by atoms with van der Waals surface area (Å²) in [6.07, 6.45) is 2.83. The van der Waals surface area contributed by atoms with Crippen molar-refractivity contribution in [1.29, 1.82) is 0 Å². The van der Waals surface area contributed by atoms with Crippen LogP contribution in [-0.2, 0) is 21.3 Å². The van der Waals surface area contributed by atoms with Crippen molar-refractivity contribution in [1.82, 2.24) is 14.8 Å². The molecular formula is C23H17Cl2FN4O3S. The van der Waals surface area contributed by atoms with Gasteiger partial charge in [-0.15, -0.1) is 0 Å². The van der Waals surface area contributed by atoms with Crippen LogP contribution in [0.3, 0.4) is 0 Å². The zero-order valence-corrected chi connectivity index (χ0v) is 20.0. The van der Waals surface area contributed by atoms with E-state index in [2.05, 4.69) is 15.2 Å². The van der Waals surface area contributed by atoms with E-state index in [1.54, 1.807) is 49.5 Å². The van der Waals surface area contributed by atoms with E-state index in [1.807, 2.05) is 0 Å². The molecule has 0 aliphatic rings. The van der Waals surface area contributed by atoms with Gasteiger partial charge in [-0.3, -0.25) is 0 Å². The van der Waals surface area contributed by atoms with Crippen LogP contribution in [0.15, 0.2) is 81.9 Å². The van der Waals surface area contributed by atoms with Crippen LogP contribution in [0.5, 0.6) is 0 Å². The molecule has 0 bridgehead atoms. The van der Waals surface area contributed by atoms with E-state index in [0.29, 0.717) is 21.6 Å². The molecule has 0 unspecified atom stereocenters. The third-order valence-electron chi connectivity index (χ3n) is 4.77. The van der Waals surface area contributed by atoms with Crippen LogP contribution in [0.2, 0.25) is 10.2 Å². The maximum atomic E-state index is 13.6. The lowest BCUT2D eigenvalue weighted by Crippen LogP contribution is -2.12. The van der Waals surface area contributed by atoms with Crippen LogP contribution >= 0.6 is 23.2 Å². The first kappa shape index (κ1) is 23.9. The molecule has 0 spiro atoms. The standard InChI is InChI=1S/C23H17Cl2FN4O3S/c1-15-21(13-28-33-14-16-5-10-22(25)27-12-16)23(30(29-15)19-4-2-3-17(24)11-19)34(31,32)20-8-6-18(26)7-9-20/h2-13H,14H2,1H3/b28-13+. The first-order valence-corrected chi connectivity index (χ1v) is 12.1. The van der Waals surface area contributed by atoms with Crippen LogP contribution in [-0.4, -0.2) is 29.4 Å². The lowest BCUT2D eigenvalue weighted by Gasteiger charge is -2.10. The van der Waals surface area contributed by atoms with Crippen molar-refractivity contribution >= 4 is 39.3 Å². The van der Waals surface area contributed by atoms with E-state index in [0.717, 1.165) is 17.7 Å². The van der Waals surface area contributed by atoms with Gasteiger partial charge in [-0.1, -0.05) is 40.5 Å². The number of sulfone groups is 1. The Morgan fingerprint density at radius 2 is 1.88 bits per heavy atom. The number of aryl methyl sites for hydroxylation is 1. The summed E-state index contributed by atoms with van der Waals surface area (Å²) in [7, 11) is -4.13. The summed E-state index contributed by atoms with van der Waals surface area (Å²) in [6.45, 7) is 1.75. The summed E-state index contributed by atoms with van der Waals surface area (Å²) >= 11 is 11.9. The normalized spacial score (nSPS) is 11.8. The minimum atomic E-state index is -4.13. The van der Waals surface area contributed by atoms with E-state index in [1.165, 1.54) is 23.0 Å². The van der Waals surface area contributed by atoms with Gasteiger partial charge in [0.2, 0.25) is 9.84 Å². The highest BCUT2D eigenvalue weighted by Gasteiger charge is 2.29. The van der Waals surface area contributed by atoms with Gasteiger partial charge in [-0.05, 0) is 55.5 Å². The van der Waals surface area contributed by atoms with Gasteiger partial charge >= 0.3 is 0 Å². The molecule has 0 saturated carbocycles. The minimum Gasteiger partial charge on any atom is -0.391 e. The molecule has 174 valence electrons. The number of oxime groups is 1. The highest BCUT2D eigenvalue weighted by Crippen LogP contribution is 2.29. The first-order chi connectivity index (χ1) is 16.3. The van der Waals surface area contributed by atoms with Crippen molar-refractivity contribution in [3.63, 3.8) is 0 Å². The molecule has 0 aliphatic carbocycles. The van der Waals surface area contributed by atoms with E-state index in [4.69, 9.17) is 28.0 Å². The Labute approximate surface area is 205 Å². The quantitative estimate of drug-likeness (QED) is 0.141. The molecule has 0 amide bonds. The molecule has 11 heteroatoms. The van der Waals surface area contributed by atoms with Crippen molar-refractivity contribution in [2.24, 2.45) is 5.16 Å². The Morgan fingerprint density at radius 1 is 1.12 bits per heavy atom. The number of pyridine rings is 1. The molecule has 4 aromatic rings. The van der Waals surface area contributed by atoms with Gasteiger partial charge in [0.25, 0.3) is 0 Å². The molecule has 0 saturated heterocycles. The number of aromatic nitrogens is 3. The first-order valence-electron chi connectivity index (χ1n) is 9.87. The second-order valence-electron chi connectivity index (χ2n) is 7.15. The highest BCUT2D eigenvalue weighted by atomic mass is 35.5. The van der Waals surface area contributed by atoms with Crippen LogP contribution in [0, 0.1) is 12.7 Å². The maximum Gasteiger partial charge on any atom is 0.224 e. The lowest BCUT2D eigenvalue weighted by atomic mass is 10.3. The van der Waals surface area contributed by atoms with Crippen molar-refractivity contribution < 1.29 is 17.6 Å². The van der Waals surface area contributed by atoms with Crippen molar-refractivity contribution in [3.05, 3.63) is 99.7 Å². The molecule has 0 atom stereocenters. The molecular weight excluding hydrogens is 502 g/mol. The molecule has 0 fully saturated rings. The molecule has 2 aromatic carbocycles. The Balaban J connectivity index is 1.76. The molecule has 34 heavy (non-hydrogen) atoms. The summed E-state index contributed by atoms with van der Waals surface area (Å²) in [4.78, 5) is 9.19. The van der Waals surface area contributed by atoms with E-state index < -0.39 is 15.7 Å². The van der Waals surface area contributed by atoms with Crippen molar-refractivity contribution in [2.75, 3.05) is 0 Å². The van der Waals surface area contributed by atoms with Crippen molar-refractivity contribution in [3.8, 4) is 5.69 Å². The largest absolute Gasteiger partial charge is 0.391 e. The van der Waals surface area contributed by atoms with E-state index >= 15 is 0 Å². The number of hydrogen-bond donors (Lipinski definition) is 0. The van der Waals surface area contributed by atoms with E-state index in [9.17, 15) is 12.8 Å². The Morgan fingerprint density at radius 3 is 2.56 bits per heavy atom. The molecule has 2 heterocycles. The van der Waals surface area contributed by atoms with Gasteiger partial charge < -0.3 is 4.84 Å². The predicted molar refractivity (Wildman–Crippen MR) is 127 cm³/mol. The van der Waals surface area contributed by atoms with Gasteiger partial charge in [-0.2, -0.15) is 5.10 Å². The fourth-order valence-corrected chi connectivity index (χ4v) is 5.00. The minimum absolute atomic E-state index is 0.0973. The third-order valence-corrected chi connectivity index (χ3v) is 7.02. The Bertz CT molecular complexity index is 1450. The van der Waals surface area contributed by atoms with Crippen LogP contribution in [0.4, 0.5) is 4.39 Å². The predicted octanol–water partition coefficient (Wildman–Crippen LogP) is 5.41. The zero-order chi connectivity index (χ0) is 24.3. The van der Waals surface area contributed by atoms with Crippen LogP contribution in [0.25, 0.3) is 5.69 Å². The van der Waals surface area contributed by atoms with Gasteiger partial charge in [0, 0.05) is 16.8 Å². The Hall–Kier alpha value is -3.27. The average Bonchev–Trinajstić information content (AvgIpc) is 3.15. The second-order valence-corrected chi connectivity index (χ2v) is 9.84. The molecule has 2 aromatic heterocycles. The monoisotopic (exact) mass is 518 g/mol. The van der Waals surface area contributed by atoms with Crippen molar-refractivity contribution in [2.45, 2.75) is 23.5 Å². The van der Waals surface area contributed by atoms with Crippen LogP contribution in [0.1, 0.15) is 16.8 Å². The number of halogens is 3. The summed E-state index contributed by atoms with van der Waals surface area (Å²) in [5, 5.41) is 8.96. The SMILES string of the molecule is Cc1nn(-c2cccc(Cl)c2)c(S(=O)(=O)c2ccc(F)cc2)c1/C=N/OCc1ccc(Cl)nc1. The summed E-state index contributed by atoms with van der Waals surface area (Å²) in [6, 6.07) is 14.5. The fourth-order valence-electron chi connectivity index (χ4n) is 3.13. The maximum absolute atomic E-state index is 13.6. The molecule has 0 aliphatic heterocycles. The number of hydrogen-bond acceptors (Lipinski definition) is 6. The summed E-state index contributed by atoms with van der Waals surface area (Å²) in [5.41, 5.74) is 1.77. The molecule has 4 rings (SSSR count). The van der Waals surface area contributed by atoms with Crippen LogP contribution < -0.4 is 0 Å². The molecule has 0 N–H and O–H groups in total. The smallest absolute Gasteiger partial charge is 0.224 e. The third kappa shape index (κ3) is 5.11. The Kier molecular flexibility index (Phi) is 6.97. The number of rotatable bonds is 7. The fraction of sp³-hybridized carbons (Fsp3) is 0.0870. The van der Waals surface area contributed by atoms with Gasteiger partial charge in [0.1, 0.15) is 17.6 Å². The highest BCUT2D eigenvalue weighted by molar-refractivity contribution is 7.91.